The Bertz CT molecular complexity index is 1480. The highest BCUT2D eigenvalue weighted by atomic mass is 19.1. The number of hydrogen-bond acceptors (Lipinski definition) is 8. The highest BCUT2D eigenvalue weighted by molar-refractivity contribution is 5.91. The number of rotatable bonds is 11. The molecule has 0 aliphatic rings. The van der Waals surface area contributed by atoms with Crippen LogP contribution in [-0.4, -0.2) is 62.8 Å². The van der Waals surface area contributed by atoms with E-state index < -0.39 is 47.5 Å². The van der Waals surface area contributed by atoms with E-state index in [9.17, 15) is 23.9 Å². The third-order valence-corrected chi connectivity index (χ3v) is 7.31. The van der Waals surface area contributed by atoms with Crippen molar-refractivity contribution in [2.24, 2.45) is 5.92 Å². The second-order valence-corrected chi connectivity index (χ2v) is 13.8. The molecule has 0 bridgehead atoms. The maximum atomic E-state index is 14.0. The molecule has 0 aliphatic heterocycles. The summed E-state index contributed by atoms with van der Waals surface area (Å²) in [4.78, 5) is 46.1. The van der Waals surface area contributed by atoms with Crippen molar-refractivity contribution in [3.8, 4) is 5.75 Å². The first-order chi connectivity index (χ1) is 21.4. The van der Waals surface area contributed by atoms with E-state index in [1.165, 1.54) is 42.5 Å². The standard InChI is InChI=1S/C34H46FN5O6/c1-20(2)28(40(9)31(43)26(39-32(44)45-34(6,7)8)17-21-10-13-23(35)14-11-21)29(42)38-25(30-36-19-37-46-30)18-22-12-15-27(41)24(16-22)33(3,4)5/h10-16,19-20,25-26,28,41H,17-18H2,1-9H3,(H,38,42)(H,39,44). The number of likely N-dealkylation sites (N-methyl/N-ethyl adjacent to an activating group) is 1. The van der Waals surface area contributed by atoms with Crippen LogP contribution < -0.4 is 10.6 Å². The largest absolute Gasteiger partial charge is 0.508 e. The second-order valence-electron chi connectivity index (χ2n) is 13.8. The fourth-order valence-corrected chi connectivity index (χ4v) is 5.15. The van der Waals surface area contributed by atoms with Gasteiger partial charge in [0.2, 0.25) is 17.7 Å². The smallest absolute Gasteiger partial charge is 0.408 e. The lowest BCUT2D eigenvalue weighted by Gasteiger charge is -2.34. The van der Waals surface area contributed by atoms with Crippen molar-refractivity contribution in [2.75, 3.05) is 7.05 Å². The molecule has 0 fully saturated rings. The highest BCUT2D eigenvalue weighted by Crippen LogP contribution is 2.32. The van der Waals surface area contributed by atoms with E-state index in [-0.39, 0.29) is 35.8 Å². The Morgan fingerprint density at radius 3 is 2.15 bits per heavy atom. The molecule has 0 saturated carbocycles. The average Bonchev–Trinajstić information content (AvgIpc) is 3.47. The maximum absolute atomic E-state index is 14.0. The van der Waals surface area contributed by atoms with Gasteiger partial charge in [0, 0.05) is 19.9 Å². The lowest BCUT2D eigenvalue weighted by atomic mass is 9.84. The molecule has 0 radical (unpaired) electrons. The molecule has 3 aromatic rings. The molecular weight excluding hydrogens is 593 g/mol. The summed E-state index contributed by atoms with van der Waals surface area (Å²) < 4.78 is 24.3. The molecule has 1 aromatic heterocycles. The summed E-state index contributed by atoms with van der Waals surface area (Å²) in [5.41, 5.74) is 1.03. The van der Waals surface area contributed by atoms with Gasteiger partial charge in [0.05, 0.1) is 0 Å². The van der Waals surface area contributed by atoms with Gasteiger partial charge in [-0.15, -0.1) is 0 Å². The number of phenols is 1. The SMILES string of the molecule is CC(C)C(C(=O)NC(Cc1ccc(O)c(C(C)(C)C)c1)c1ncno1)N(C)C(=O)C(Cc1ccc(F)cc1)NC(=O)OC(C)(C)C. The molecule has 3 amide bonds. The van der Waals surface area contributed by atoms with Gasteiger partial charge in [0.15, 0.2) is 6.33 Å². The number of nitrogens with zero attached hydrogens (tertiary/aromatic N) is 3. The summed E-state index contributed by atoms with van der Waals surface area (Å²) in [5, 5.41) is 19.8. The highest BCUT2D eigenvalue weighted by Gasteiger charge is 2.36. The van der Waals surface area contributed by atoms with Crippen LogP contribution in [0.2, 0.25) is 0 Å². The van der Waals surface area contributed by atoms with E-state index in [4.69, 9.17) is 9.26 Å². The number of carbonyl (C=O) groups is 3. The van der Waals surface area contributed by atoms with Gasteiger partial charge in [-0.2, -0.15) is 4.98 Å². The Balaban J connectivity index is 1.88. The lowest BCUT2D eigenvalue weighted by molar-refractivity contribution is -0.142. The Kier molecular flexibility index (Phi) is 11.5. The molecular formula is C34H46FN5O6. The van der Waals surface area contributed by atoms with Crippen molar-refractivity contribution in [1.82, 2.24) is 25.7 Å². The maximum Gasteiger partial charge on any atom is 0.408 e. The molecule has 12 heteroatoms. The number of phenolic OH excluding ortho intramolecular Hbond substituents is 1. The molecule has 3 N–H and O–H groups in total. The van der Waals surface area contributed by atoms with Crippen LogP contribution in [0.15, 0.2) is 53.3 Å². The minimum Gasteiger partial charge on any atom is -0.508 e. The summed E-state index contributed by atoms with van der Waals surface area (Å²) in [6.45, 7) is 14.7. The molecule has 0 saturated heterocycles. The van der Waals surface area contributed by atoms with Crippen LogP contribution in [0, 0.1) is 11.7 Å². The molecule has 46 heavy (non-hydrogen) atoms. The van der Waals surface area contributed by atoms with Gasteiger partial charge in [0.25, 0.3) is 0 Å². The fraction of sp³-hybridized carbons (Fsp3) is 0.500. The first-order valence-electron chi connectivity index (χ1n) is 15.3. The van der Waals surface area contributed by atoms with E-state index in [0.717, 1.165) is 11.1 Å². The third-order valence-electron chi connectivity index (χ3n) is 7.31. The van der Waals surface area contributed by atoms with E-state index in [0.29, 0.717) is 5.56 Å². The first kappa shape index (κ1) is 36.0. The first-order valence-corrected chi connectivity index (χ1v) is 15.3. The van der Waals surface area contributed by atoms with Crippen LogP contribution in [0.1, 0.15) is 84.0 Å². The van der Waals surface area contributed by atoms with Crippen molar-refractivity contribution >= 4 is 17.9 Å². The van der Waals surface area contributed by atoms with E-state index in [1.54, 1.807) is 32.9 Å². The van der Waals surface area contributed by atoms with Crippen LogP contribution in [-0.2, 0) is 32.6 Å². The number of amides is 3. The third kappa shape index (κ3) is 10.0. The summed E-state index contributed by atoms with van der Waals surface area (Å²) in [5.74, 6) is -1.43. The van der Waals surface area contributed by atoms with Gasteiger partial charge in [-0.05, 0) is 67.0 Å². The van der Waals surface area contributed by atoms with Crippen molar-refractivity contribution in [3.63, 3.8) is 0 Å². The predicted octanol–water partition coefficient (Wildman–Crippen LogP) is 5.23. The summed E-state index contributed by atoms with van der Waals surface area (Å²) in [6, 6.07) is 8.05. The van der Waals surface area contributed by atoms with Gasteiger partial charge in [0.1, 0.15) is 35.3 Å². The van der Waals surface area contributed by atoms with Crippen molar-refractivity contribution < 1.29 is 33.1 Å². The van der Waals surface area contributed by atoms with Crippen LogP contribution in [0.5, 0.6) is 5.75 Å². The summed E-state index contributed by atoms with van der Waals surface area (Å²) in [6.07, 6.45) is 0.750. The van der Waals surface area contributed by atoms with E-state index in [2.05, 4.69) is 20.8 Å². The van der Waals surface area contributed by atoms with Gasteiger partial charge in [-0.3, -0.25) is 9.59 Å². The molecule has 0 spiro atoms. The Morgan fingerprint density at radius 2 is 1.61 bits per heavy atom. The fourth-order valence-electron chi connectivity index (χ4n) is 5.15. The number of hydrogen-bond donors (Lipinski definition) is 3. The zero-order valence-corrected chi connectivity index (χ0v) is 28.1. The number of aromatic nitrogens is 2. The zero-order valence-electron chi connectivity index (χ0n) is 28.1. The number of benzene rings is 2. The summed E-state index contributed by atoms with van der Waals surface area (Å²) in [7, 11) is 1.50. The van der Waals surface area contributed by atoms with Crippen LogP contribution in [0.25, 0.3) is 0 Å². The summed E-state index contributed by atoms with van der Waals surface area (Å²) >= 11 is 0. The van der Waals surface area contributed by atoms with Crippen LogP contribution >= 0.6 is 0 Å². The monoisotopic (exact) mass is 639 g/mol. The topological polar surface area (TPSA) is 147 Å². The van der Waals surface area contributed by atoms with Gasteiger partial charge in [-0.25, -0.2) is 9.18 Å². The minimum atomic E-state index is -1.11. The molecule has 0 aliphatic carbocycles. The number of aromatic hydroxyl groups is 1. The predicted molar refractivity (Wildman–Crippen MR) is 170 cm³/mol. The molecule has 2 aromatic carbocycles. The number of carbonyl (C=O) groups excluding carboxylic acids is 3. The number of ether oxygens (including phenoxy) is 1. The molecule has 250 valence electrons. The molecule has 3 rings (SSSR count). The Hall–Kier alpha value is -4.48. The van der Waals surface area contributed by atoms with Crippen molar-refractivity contribution in [3.05, 3.63) is 77.2 Å². The van der Waals surface area contributed by atoms with Crippen LogP contribution in [0.3, 0.4) is 0 Å². The van der Waals surface area contributed by atoms with Crippen LogP contribution in [0.4, 0.5) is 9.18 Å². The van der Waals surface area contributed by atoms with Gasteiger partial charge < -0.3 is 29.9 Å². The van der Waals surface area contributed by atoms with E-state index >= 15 is 0 Å². The molecule has 11 nitrogen and oxygen atoms in total. The van der Waals surface area contributed by atoms with Crippen molar-refractivity contribution in [1.29, 1.82) is 0 Å². The number of halogens is 1. The molecule has 1 heterocycles. The normalized spacial score (nSPS) is 13.9. The average molecular weight is 640 g/mol. The van der Waals surface area contributed by atoms with Crippen molar-refractivity contribution in [2.45, 2.75) is 97.4 Å². The quantitative estimate of drug-likeness (QED) is 0.259. The Morgan fingerprint density at radius 1 is 0.978 bits per heavy atom. The van der Waals surface area contributed by atoms with E-state index in [1.807, 2.05) is 40.7 Å². The van der Waals surface area contributed by atoms with Gasteiger partial charge >= 0.3 is 6.09 Å². The molecule has 3 atom stereocenters. The zero-order chi connectivity index (χ0) is 34.4. The minimum absolute atomic E-state index is 0.0384. The number of alkyl carbamates (subject to hydrolysis) is 1. The molecule has 3 unspecified atom stereocenters. The Labute approximate surface area is 269 Å². The lowest BCUT2D eigenvalue weighted by Crippen LogP contribution is -2.57. The van der Waals surface area contributed by atoms with Gasteiger partial charge in [-0.1, -0.05) is 64.0 Å². The number of nitrogens with one attached hydrogen (secondary N) is 2. The second kappa shape index (κ2) is 14.7.